The van der Waals surface area contributed by atoms with Crippen LogP contribution in [0.1, 0.15) is 99.3 Å². The quantitative estimate of drug-likeness (QED) is 0.402. The lowest BCUT2D eigenvalue weighted by atomic mass is 9.33. The van der Waals surface area contributed by atoms with Gasteiger partial charge in [-0.05, 0) is 104 Å². The lowest BCUT2D eigenvalue weighted by Crippen LogP contribution is -2.66. The molecule has 0 unspecified atom stereocenters. The molecule has 0 amide bonds. The molecule has 35 heavy (non-hydrogen) atoms. The van der Waals surface area contributed by atoms with Gasteiger partial charge in [0.2, 0.25) is 0 Å². The van der Waals surface area contributed by atoms with E-state index in [-0.39, 0.29) is 34.2 Å². The van der Waals surface area contributed by atoms with Gasteiger partial charge < -0.3 is 20.4 Å². The highest BCUT2D eigenvalue weighted by molar-refractivity contribution is 5.75. The van der Waals surface area contributed by atoms with Crippen LogP contribution in [0.2, 0.25) is 0 Å². The summed E-state index contributed by atoms with van der Waals surface area (Å²) < 4.78 is 0. The summed E-state index contributed by atoms with van der Waals surface area (Å²) in [7, 11) is 0. The second-order valence-electron chi connectivity index (χ2n) is 14.9. The first-order valence-electron chi connectivity index (χ1n) is 14.0. The lowest BCUT2D eigenvalue weighted by molar-refractivity contribution is -0.217. The Labute approximate surface area is 211 Å². The fourth-order valence-corrected chi connectivity index (χ4v) is 10.7. The van der Waals surface area contributed by atoms with Crippen LogP contribution in [-0.4, -0.2) is 45.2 Å². The van der Waals surface area contributed by atoms with Crippen molar-refractivity contribution in [2.75, 3.05) is 6.61 Å². The van der Waals surface area contributed by atoms with Gasteiger partial charge in [0.05, 0.1) is 24.2 Å². The number of hydrogen-bond acceptors (Lipinski definition) is 4. The highest BCUT2D eigenvalue weighted by atomic mass is 16.4. The third-order valence-corrected chi connectivity index (χ3v) is 13.6. The topological polar surface area (TPSA) is 98.0 Å². The molecule has 5 rings (SSSR count). The van der Waals surface area contributed by atoms with Crippen LogP contribution in [-0.2, 0) is 4.79 Å². The molecule has 4 fully saturated rings. The summed E-state index contributed by atoms with van der Waals surface area (Å²) in [6.07, 6.45) is 9.24. The van der Waals surface area contributed by atoms with Crippen LogP contribution in [0.25, 0.3) is 0 Å². The van der Waals surface area contributed by atoms with E-state index in [2.05, 4.69) is 40.7 Å². The van der Waals surface area contributed by atoms with Crippen molar-refractivity contribution in [3.05, 3.63) is 11.6 Å². The minimum Gasteiger partial charge on any atom is -0.481 e. The van der Waals surface area contributed by atoms with E-state index in [0.717, 1.165) is 44.9 Å². The zero-order chi connectivity index (χ0) is 25.8. The highest BCUT2D eigenvalue weighted by Crippen LogP contribution is 2.75. The van der Waals surface area contributed by atoms with Crippen molar-refractivity contribution in [1.82, 2.24) is 0 Å². The summed E-state index contributed by atoms with van der Waals surface area (Å²) in [5, 5.41) is 42.3. The Morgan fingerprint density at radius 3 is 2.23 bits per heavy atom. The van der Waals surface area contributed by atoms with Crippen LogP contribution in [0.4, 0.5) is 0 Å². The molecule has 0 radical (unpaired) electrons. The van der Waals surface area contributed by atoms with Gasteiger partial charge in [-0.15, -0.1) is 0 Å². The number of carboxylic acids is 1. The summed E-state index contributed by atoms with van der Waals surface area (Å²) in [4.78, 5) is 12.3. The summed E-state index contributed by atoms with van der Waals surface area (Å²) in [6, 6.07) is 0. The molecule has 4 saturated carbocycles. The maximum atomic E-state index is 12.3. The van der Waals surface area contributed by atoms with Gasteiger partial charge in [0, 0.05) is 5.41 Å². The third-order valence-electron chi connectivity index (χ3n) is 13.6. The van der Waals surface area contributed by atoms with Gasteiger partial charge in [0.1, 0.15) is 0 Å². The van der Waals surface area contributed by atoms with E-state index in [1.54, 1.807) is 6.92 Å². The first-order valence-corrected chi connectivity index (χ1v) is 14.0. The smallest absolute Gasteiger partial charge is 0.312 e. The fourth-order valence-electron chi connectivity index (χ4n) is 10.7. The molecular formula is C30H48O5. The van der Waals surface area contributed by atoms with Crippen LogP contribution in [0.5, 0.6) is 0 Å². The maximum absolute atomic E-state index is 12.3. The Morgan fingerprint density at radius 2 is 1.60 bits per heavy atom. The molecule has 198 valence electrons. The van der Waals surface area contributed by atoms with Gasteiger partial charge in [-0.25, -0.2) is 0 Å². The van der Waals surface area contributed by atoms with E-state index in [9.17, 15) is 25.2 Å². The number of fused-ring (bicyclic) bond motifs is 7. The van der Waals surface area contributed by atoms with E-state index in [1.807, 2.05) is 0 Å². The molecule has 0 aromatic heterocycles. The predicted octanol–water partition coefficient (Wildman–Crippen LogP) is 5.18. The standard InChI is InChI=1S/C30H48O5/c1-25-13-14-29(5)18(19(25)15-27(3,24(34)35)23(33)16-25)7-8-21-26(2)11-10-22(32)28(4,17-31)20(26)9-12-30(21,29)6/h7,19-23,31-33H,8-17H2,1-6H3,(H,34,35)/t19-,20-,21+,22-,23+,25-,26-,27-,28+,29+,30+/m0/s1. The van der Waals surface area contributed by atoms with Crippen LogP contribution >= 0.6 is 0 Å². The maximum Gasteiger partial charge on any atom is 0.312 e. The van der Waals surface area contributed by atoms with Gasteiger partial charge in [-0.3, -0.25) is 4.79 Å². The number of rotatable bonds is 2. The zero-order valence-electron chi connectivity index (χ0n) is 22.7. The molecule has 0 heterocycles. The second kappa shape index (κ2) is 7.57. The second-order valence-corrected chi connectivity index (χ2v) is 14.9. The minimum atomic E-state index is -1.10. The van der Waals surface area contributed by atoms with Crippen molar-refractivity contribution in [1.29, 1.82) is 0 Å². The molecule has 0 aliphatic heterocycles. The van der Waals surface area contributed by atoms with E-state index < -0.39 is 29.0 Å². The zero-order valence-corrected chi connectivity index (χ0v) is 22.7. The number of carbonyl (C=O) groups is 1. The summed E-state index contributed by atoms with van der Waals surface area (Å²) in [5.74, 6) is 0.0847. The van der Waals surface area contributed by atoms with Gasteiger partial charge in [-0.1, -0.05) is 46.3 Å². The van der Waals surface area contributed by atoms with Crippen LogP contribution < -0.4 is 0 Å². The first-order chi connectivity index (χ1) is 16.1. The summed E-state index contributed by atoms with van der Waals surface area (Å²) >= 11 is 0. The van der Waals surface area contributed by atoms with Gasteiger partial charge in [0.25, 0.3) is 0 Å². The Bertz CT molecular complexity index is 945. The predicted molar refractivity (Wildman–Crippen MR) is 135 cm³/mol. The van der Waals surface area contributed by atoms with Gasteiger partial charge in [0.15, 0.2) is 0 Å². The Kier molecular flexibility index (Phi) is 5.56. The number of aliphatic hydroxyl groups excluding tert-OH is 3. The number of allylic oxidation sites excluding steroid dienone is 2. The highest BCUT2D eigenvalue weighted by Gasteiger charge is 2.69. The monoisotopic (exact) mass is 488 g/mol. The van der Waals surface area contributed by atoms with Crippen LogP contribution in [0, 0.1) is 50.2 Å². The summed E-state index contributed by atoms with van der Waals surface area (Å²) in [5.41, 5.74) is 0.00866. The molecule has 5 aliphatic rings. The molecule has 0 saturated heterocycles. The molecule has 0 aromatic rings. The molecule has 4 N–H and O–H groups in total. The Balaban J connectivity index is 1.57. The van der Waals surface area contributed by atoms with Crippen molar-refractivity contribution >= 4 is 5.97 Å². The van der Waals surface area contributed by atoms with E-state index in [4.69, 9.17) is 0 Å². The van der Waals surface area contributed by atoms with E-state index >= 15 is 0 Å². The Hall–Kier alpha value is -0.910. The SMILES string of the molecule is C[C@@]12CC[C@]3(C)C(=CC[C@@H]4[C@@]5(C)CC[C@H](O)[C@](C)(CO)[C@H]5CC[C@]43C)[C@@H]1C[C@](C)(C(=O)O)[C@H](O)C2. The molecule has 5 aliphatic carbocycles. The number of carboxylic acid groups (broad SMARTS) is 1. The average molecular weight is 489 g/mol. The van der Waals surface area contributed by atoms with Gasteiger partial charge >= 0.3 is 5.97 Å². The van der Waals surface area contributed by atoms with Crippen LogP contribution in [0.15, 0.2) is 11.6 Å². The largest absolute Gasteiger partial charge is 0.481 e. The first kappa shape index (κ1) is 25.7. The van der Waals surface area contributed by atoms with Crippen molar-refractivity contribution in [2.45, 2.75) is 112 Å². The van der Waals surface area contributed by atoms with E-state index in [1.165, 1.54) is 5.57 Å². The van der Waals surface area contributed by atoms with Crippen LogP contribution in [0.3, 0.4) is 0 Å². The molecule has 0 aromatic carbocycles. The van der Waals surface area contributed by atoms with Crippen molar-refractivity contribution in [3.63, 3.8) is 0 Å². The lowest BCUT2D eigenvalue weighted by Gasteiger charge is -2.71. The average Bonchev–Trinajstić information content (AvgIpc) is 2.79. The Morgan fingerprint density at radius 1 is 0.914 bits per heavy atom. The minimum absolute atomic E-state index is 0.00145. The molecule has 5 heteroatoms. The third kappa shape index (κ3) is 3.01. The normalized spacial score (nSPS) is 57.7. The fraction of sp³-hybridized carbons (Fsp3) is 0.900. The summed E-state index contributed by atoms with van der Waals surface area (Å²) in [6.45, 7) is 13.6. The van der Waals surface area contributed by atoms with Gasteiger partial charge in [-0.2, -0.15) is 0 Å². The molecule has 5 nitrogen and oxygen atoms in total. The number of aliphatic hydroxyl groups is 3. The number of hydrogen-bond donors (Lipinski definition) is 4. The van der Waals surface area contributed by atoms with Crippen molar-refractivity contribution in [3.8, 4) is 0 Å². The molecule has 0 bridgehead atoms. The molecule has 11 atom stereocenters. The van der Waals surface area contributed by atoms with Crippen molar-refractivity contribution in [2.24, 2.45) is 50.2 Å². The molecular weight excluding hydrogens is 440 g/mol. The number of aliphatic carboxylic acids is 1. The molecule has 0 spiro atoms. The van der Waals surface area contributed by atoms with E-state index in [0.29, 0.717) is 24.7 Å². The van der Waals surface area contributed by atoms with Crippen molar-refractivity contribution < 1.29 is 25.2 Å².